The predicted octanol–water partition coefficient (Wildman–Crippen LogP) is 1.93. The van der Waals surface area contributed by atoms with Crippen LogP contribution in [0, 0.1) is 11.8 Å². The van der Waals surface area contributed by atoms with Gasteiger partial charge >= 0.3 is 6.09 Å². The molecule has 9 heteroatoms. The maximum Gasteiger partial charge on any atom is 0.408 e. The van der Waals surface area contributed by atoms with Crippen molar-refractivity contribution in [3.05, 3.63) is 0 Å². The number of nitrogens with one attached hydrogen (secondary N) is 2. The van der Waals surface area contributed by atoms with E-state index in [0.717, 1.165) is 0 Å². The van der Waals surface area contributed by atoms with Crippen LogP contribution in [0.4, 0.5) is 4.79 Å². The normalized spacial score (nSPS) is 18.6. The van der Waals surface area contributed by atoms with E-state index in [-0.39, 0.29) is 17.7 Å². The number of ether oxygens (including phenoxy) is 1. The first kappa shape index (κ1) is 26.7. The Labute approximate surface area is 185 Å². The van der Waals surface area contributed by atoms with Crippen LogP contribution in [-0.4, -0.2) is 59.0 Å². The first-order valence-corrected chi connectivity index (χ1v) is 11.1. The van der Waals surface area contributed by atoms with Gasteiger partial charge in [0.1, 0.15) is 23.7 Å². The SMILES string of the molecule is CC(C)CC(NC(=O)OC(C)(C)C)C(=O)NC(CC(C)C)C(=O)N1CCCC1C(N)=O. The lowest BCUT2D eigenvalue weighted by molar-refractivity contribution is -0.141. The van der Waals surface area contributed by atoms with Crippen molar-refractivity contribution in [3.63, 3.8) is 0 Å². The quantitative estimate of drug-likeness (QED) is 0.504. The summed E-state index contributed by atoms with van der Waals surface area (Å²) in [6.45, 7) is 13.4. The molecule has 4 amide bonds. The van der Waals surface area contributed by atoms with Gasteiger partial charge in [-0.1, -0.05) is 27.7 Å². The first-order valence-electron chi connectivity index (χ1n) is 11.1. The number of hydrogen-bond acceptors (Lipinski definition) is 5. The molecule has 1 aliphatic heterocycles. The zero-order chi connectivity index (χ0) is 23.9. The van der Waals surface area contributed by atoms with Gasteiger partial charge in [-0.2, -0.15) is 0 Å². The second kappa shape index (κ2) is 11.3. The van der Waals surface area contributed by atoms with Gasteiger partial charge in [0.25, 0.3) is 0 Å². The van der Waals surface area contributed by atoms with Crippen LogP contribution in [-0.2, 0) is 19.1 Å². The monoisotopic (exact) mass is 440 g/mol. The fourth-order valence-electron chi connectivity index (χ4n) is 3.64. The summed E-state index contributed by atoms with van der Waals surface area (Å²) in [5, 5.41) is 5.43. The van der Waals surface area contributed by atoms with Crippen LogP contribution in [0.1, 0.15) is 74.1 Å². The summed E-state index contributed by atoms with van der Waals surface area (Å²) in [5.74, 6) is -1.05. The Hall–Kier alpha value is -2.32. The molecule has 0 aromatic carbocycles. The highest BCUT2D eigenvalue weighted by Crippen LogP contribution is 2.20. The number of alkyl carbamates (subject to hydrolysis) is 1. The average Bonchev–Trinajstić information content (AvgIpc) is 3.07. The molecule has 3 atom stereocenters. The molecule has 31 heavy (non-hydrogen) atoms. The van der Waals surface area contributed by atoms with E-state index in [1.165, 1.54) is 4.90 Å². The van der Waals surface area contributed by atoms with E-state index in [4.69, 9.17) is 10.5 Å². The summed E-state index contributed by atoms with van der Waals surface area (Å²) in [6, 6.07) is -2.30. The van der Waals surface area contributed by atoms with E-state index in [9.17, 15) is 19.2 Å². The van der Waals surface area contributed by atoms with E-state index in [2.05, 4.69) is 10.6 Å². The third-order valence-electron chi connectivity index (χ3n) is 4.90. The van der Waals surface area contributed by atoms with Crippen molar-refractivity contribution in [2.75, 3.05) is 6.54 Å². The first-order chi connectivity index (χ1) is 14.2. The van der Waals surface area contributed by atoms with Crippen molar-refractivity contribution in [2.24, 2.45) is 17.6 Å². The lowest BCUT2D eigenvalue weighted by Gasteiger charge is -2.30. The van der Waals surface area contributed by atoms with E-state index >= 15 is 0 Å². The van der Waals surface area contributed by atoms with Gasteiger partial charge in [-0.05, 0) is 58.3 Å². The number of nitrogens with two attached hydrogens (primary N) is 1. The van der Waals surface area contributed by atoms with Crippen molar-refractivity contribution in [1.82, 2.24) is 15.5 Å². The van der Waals surface area contributed by atoms with Gasteiger partial charge in [0.2, 0.25) is 17.7 Å². The number of carbonyl (C=O) groups excluding carboxylic acids is 4. The molecule has 1 aliphatic rings. The maximum atomic E-state index is 13.2. The lowest BCUT2D eigenvalue weighted by atomic mass is 9.99. The number of hydrogen-bond donors (Lipinski definition) is 3. The average molecular weight is 441 g/mol. The summed E-state index contributed by atoms with van der Waals surface area (Å²) >= 11 is 0. The number of amides is 4. The molecule has 0 radical (unpaired) electrons. The van der Waals surface area contributed by atoms with E-state index in [0.29, 0.717) is 32.2 Å². The smallest absolute Gasteiger partial charge is 0.408 e. The van der Waals surface area contributed by atoms with Crippen molar-refractivity contribution in [2.45, 2.75) is 97.9 Å². The maximum absolute atomic E-state index is 13.2. The topological polar surface area (TPSA) is 131 Å². The van der Waals surface area contributed by atoms with Crippen LogP contribution in [0.2, 0.25) is 0 Å². The molecule has 1 rings (SSSR count). The second-order valence-corrected chi connectivity index (χ2v) is 10.1. The molecule has 9 nitrogen and oxygen atoms in total. The number of primary amides is 1. The molecule has 1 saturated heterocycles. The van der Waals surface area contributed by atoms with Crippen molar-refractivity contribution < 1.29 is 23.9 Å². The Morgan fingerprint density at radius 3 is 2.03 bits per heavy atom. The summed E-state index contributed by atoms with van der Waals surface area (Å²) < 4.78 is 5.28. The Morgan fingerprint density at radius 2 is 1.55 bits per heavy atom. The molecule has 178 valence electrons. The third kappa shape index (κ3) is 9.14. The van der Waals surface area contributed by atoms with Gasteiger partial charge < -0.3 is 26.0 Å². The molecule has 0 aliphatic carbocycles. The highest BCUT2D eigenvalue weighted by Gasteiger charge is 2.37. The van der Waals surface area contributed by atoms with Crippen LogP contribution in [0.5, 0.6) is 0 Å². The highest BCUT2D eigenvalue weighted by atomic mass is 16.6. The Balaban J connectivity index is 2.98. The van der Waals surface area contributed by atoms with Crippen molar-refractivity contribution in [3.8, 4) is 0 Å². The lowest BCUT2D eigenvalue weighted by Crippen LogP contribution is -2.57. The van der Waals surface area contributed by atoms with Crippen LogP contribution >= 0.6 is 0 Å². The predicted molar refractivity (Wildman–Crippen MR) is 118 cm³/mol. The molecule has 4 N–H and O–H groups in total. The third-order valence-corrected chi connectivity index (χ3v) is 4.90. The molecule has 0 aromatic heterocycles. The summed E-state index contributed by atoms with van der Waals surface area (Å²) in [5.41, 5.74) is 4.76. The van der Waals surface area contributed by atoms with Gasteiger partial charge in [-0.25, -0.2) is 4.79 Å². The standard InChI is InChI=1S/C22H40N4O5/c1-13(2)11-15(25-21(30)31-22(5,6)7)19(28)24-16(12-14(3)4)20(29)26-10-8-9-17(26)18(23)27/h13-17H,8-12H2,1-7H3,(H2,23,27)(H,24,28)(H,25,30). The Morgan fingerprint density at radius 1 is 1.00 bits per heavy atom. The van der Waals surface area contributed by atoms with Gasteiger partial charge in [-0.3, -0.25) is 14.4 Å². The minimum atomic E-state index is -0.845. The molecule has 3 unspecified atom stereocenters. The van der Waals surface area contributed by atoms with Gasteiger partial charge in [0, 0.05) is 6.54 Å². The Kier molecular flexibility index (Phi) is 9.77. The highest BCUT2D eigenvalue weighted by molar-refractivity contribution is 5.93. The summed E-state index contributed by atoms with van der Waals surface area (Å²) in [7, 11) is 0. The second-order valence-electron chi connectivity index (χ2n) is 10.1. The van der Waals surface area contributed by atoms with Crippen molar-refractivity contribution >= 4 is 23.8 Å². The number of rotatable bonds is 9. The van der Waals surface area contributed by atoms with Crippen LogP contribution in [0.25, 0.3) is 0 Å². The van der Waals surface area contributed by atoms with Crippen LogP contribution in [0.15, 0.2) is 0 Å². The van der Waals surface area contributed by atoms with Crippen LogP contribution in [0.3, 0.4) is 0 Å². The van der Waals surface area contributed by atoms with E-state index < -0.39 is 41.6 Å². The minimum Gasteiger partial charge on any atom is -0.444 e. The zero-order valence-corrected chi connectivity index (χ0v) is 20.0. The van der Waals surface area contributed by atoms with Gasteiger partial charge in [-0.15, -0.1) is 0 Å². The summed E-state index contributed by atoms with van der Waals surface area (Å²) in [4.78, 5) is 51.7. The van der Waals surface area contributed by atoms with Gasteiger partial charge in [0.15, 0.2) is 0 Å². The molecule has 1 heterocycles. The molecule has 0 spiro atoms. The van der Waals surface area contributed by atoms with E-state index in [1.807, 2.05) is 27.7 Å². The van der Waals surface area contributed by atoms with E-state index in [1.54, 1.807) is 20.8 Å². The fourth-order valence-corrected chi connectivity index (χ4v) is 3.64. The largest absolute Gasteiger partial charge is 0.444 e. The molecular weight excluding hydrogens is 400 g/mol. The number of likely N-dealkylation sites (tertiary alicyclic amines) is 1. The molecule has 0 bridgehead atoms. The molecule has 0 aromatic rings. The van der Waals surface area contributed by atoms with Crippen molar-refractivity contribution in [1.29, 1.82) is 0 Å². The molecule has 1 fully saturated rings. The summed E-state index contributed by atoms with van der Waals surface area (Å²) in [6.07, 6.45) is 1.33. The minimum absolute atomic E-state index is 0.128. The van der Waals surface area contributed by atoms with Crippen LogP contribution < -0.4 is 16.4 Å². The fraction of sp³-hybridized carbons (Fsp3) is 0.818. The Bertz CT molecular complexity index is 657. The molecule has 0 saturated carbocycles. The van der Waals surface area contributed by atoms with Gasteiger partial charge in [0.05, 0.1) is 0 Å². The molecular formula is C22H40N4O5. The zero-order valence-electron chi connectivity index (χ0n) is 20.0. The number of nitrogens with zero attached hydrogens (tertiary/aromatic N) is 1. The number of carbonyl (C=O) groups is 4.